The Kier molecular flexibility index (Phi) is 5.97. The summed E-state index contributed by atoms with van der Waals surface area (Å²) in [5, 5.41) is 7.10. The van der Waals surface area contributed by atoms with Gasteiger partial charge in [-0.3, -0.25) is 9.59 Å². The van der Waals surface area contributed by atoms with Crippen LogP contribution >= 0.6 is 0 Å². The number of rotatable bonds is 7. The fourth-order valence-corrected chi connectivity index (χ4v) is 3.16. The molecule has 0 radical (unpaired) electrons. The average Bonchev–Trinajstić information content (AvgIpc) is 3.05. The number of amides is 1. The van der Waals surface area contributed by atoms with Gasteiger partial charge in [0, 0.05) is 6.54 Å². The predicted octanol–water partition coefficient (Wildman–Crippen LogP) is 3.01. The Morgan fingerprint density at radius 3 is 2.34 bits per heavy atom. The first-order valence-electron chi connectivity index (χ1n) is 9.11. The Morgan fingerprint density at radius 2 is 1.69 bits per heavy atom. The van der Waals surface area contributed by atoms with Gasteiger partial charge in [0.05, 0.1) is 36.9 Å². The number of nitrogens with one attached hydrogen (secondary N) is 1. The number of benzene rings is 2. The van der Waals surface area contributed by atoms with E-state index in [1.807, 2.05) is 30.3 Å². The van der Waals surface area contributed by atoms with Gasteiger partial charge in [0.1, 0.15) is 0 Å². The van der Waals surface area contributed by atoms with E-state index in [9.17, 15) is 9.59 Å². The Balaban J connectivity index is 1.76. The lowest BCUT2D eigenvalue weighted by Crippen LogP contribution is -2.31. The standard InChI is InChI=1S/C22H23N3O4/c1-14-20(15(2)25(24-14)17-8-6-5-7-9-17)21(26)22(27)23-13-16-10-11-18(28-3)19(12-16)29-4/h5-12H,13H2,1-4H3,(H,23,27). The van der Waals surface area contributed by atoms with Gasteiger partial charge >= 0.3 is 0 Å². The molecular formula is C22H23N3O4. The second kappa shape index (κ2) is 8.60. The van der Waals surface area contributed by atoms with Crippen LogP contribution in [0.1, 0.15) is 27.3 Å². The summed E-state index contributed by atoms with van der Waals surface area (Å²) in [5.74, 6) is -0.138. The van der Waals surface area contributed by atoms with Gasteiger partial charge in [-0.05, 0) is 43.7 Å². The maximum Gasteiger partial charge on any atom is 0.292 e. The third-order valence-electron chi connectivity index (χ3n) is 4.63. The predicted molar refractivity (Wildman–Crippen MR) is 109 cm³/mol. The number of nitrogens with zero attached hydrogens (tertiary/aromatic N) is 2. The van der Waals surface area contributed by atoms with Crippen LogP contribution < -0.4 is 14.8 Å². The van der Waals surface area contributed by atoms with E-state index in [2.05, 4.69) is 10.4 Å². The zero-order chi connectivity index (χ0) is 21.0. The summed E-state index contributed by atoms with van der Waals surface area (Å²) in [7, 11) is 3.10. The zero-order valence-electron chi connectivity index (χ0n) is 16.9. The van der Waals surface area contributed by atoms with E-state index in [-0.39, 0.29) is 6.54 Å². The average molecular weight is 393 g/mol. The van der Waals surface area contributed by atoms with Gasteiger partial charge in [0.2, 0.25) is 0 Å². The molecule has 1 heterocycles. The van der Waals surface area contributed by atoms with Crippen molar-refractivity contribution in [1.82, 2.24) is 15.1 Å². The highest BCUT2D eigenvalue weighted by Gasteiger charge is 2.25. The molecule has 0 atom stereocenters. The second-order valence-electron chi connectivity index (χ2n) is 6.49. The number of ether oxygens (including phenoxy) is 2. The van der Waals surface area contributed by atoms with Crippen molar-refractivity contribution in [1.29, 1.82) is 0 Å². The van der Waals surface area contributed by atoms with Crippen molar-refractivity contribution in [3.8, 4) is 17.2 Å². The molecule has 0 aliphatic carbocycles. The minimum absolute atomic E-state index is 0.190. The maximum absolute atomic E-state index is 12.8. The number of para-hydroxylation sites is 1. The first-order chi connectivity index (χ1) is 14.0. The van der Waals surface area contributed by atoms with Crippen molar-refractivity contribution in [3.63, 3.8) is 0 Å². The number of carbonyl (C=O) groups is 2. The summed E-state index contributed by atoms with van der Waals surface area (Å²) >= 11 is 0. The molecule has 0 aliphatic heterocycles. The van der Waals surface area contributed by atoms with Gasteiger partial charge in [-0.15, -0.1) is 0 Å². The molecule has 0 saturated carbocycles. The highest BCUT2D eigenvalue weighted by molar-refractivity contribution is 6.43. The summed E-state index contributed by atoms with van der Waals surface area (Å²) in [5.41, 5.74) is 3.08. The van der Waals surface area contributed by atoms with Gasteiger partial charge in [0.25, 0.3) is 11.7 Å². The van der Waals surface area contributed by atoms with Crippen LogP contribution in [0.25, 0.3) is 5.69 Å². The highest BCUT2D eigenvalue weighted by Crippen LogP contribution is 2.27. The number of ketones is 1. The molecule has 7 nitrogen and oxygen atoms in total. The van der Waals surface area contributed by atoms with E-state index in [1.165, 1.54) is 0 Å². The van der Waals surface area contributed by atoms with Crippen LogP contribution in [0.5, 0.6) is 11.5 Å². The molecule has 0 aliphatic rings. The van der Waals surface area contributed by atoms with Gasteiger partial charge in [0.15, 0.2) is 11.5 Å². The van der Waals surface area contributed by atoms with Crippen LogP contribution in [0.2, 0.25) is 0 Å². The molecule has 29 heavy (non-hydrogen) atoms. The summed E-state index contributed by atoms with van der Waals surface area (Å²) in [6, 6.07) is 14.8. The molecule has 1 amide bonds. The Bertz CT molecular complexity index is 1040. The van der Waals surface area contributed by atoms with Crippen molar-refractivity contribution < 1.29 is 19.1 Å². The summed E-state index contributed by atoms with van der Waals surface area (Å²) < 4.78 is 12.1. The minimum Gasteiger partial charge on any atom is -0.493 e. The quantitative estimate of drug-likeness (QED) is 0.493. The van der Waals surface area contributed by atoms with Gasteiger partial charge in [-0.25, -0.2) is 4.68 Å². The molecule has 2 aromatic carbocycles. The Labute approximate surface area is 169 Å². The lowest BCUT2D eigenvalue weighted by atomic mass is 10.1. The highest BCUT2D eigenvalue weighted by atomic mass is 16.5. The van der Waals surface area contributed by atoms with Gasteiger partial charge in [-0.2, -0.15) is 5.10 Å². The van der Waals surface area contributed by atoms with E-state index >= 15 is 0 Å². The van der Waals surface area contributed by atoms with Crippen molar-refractivity contribution in [2.75, 3.05) is 14.2 Å². The molecule has 3 rings (SSSR count). The molecule has 150 valence electrons. The third-order valence-corrected chi connectivity index (χ3v) is 4.63. The largest absolute Gasteiger partial charge is 0.493 e. The Morgan fingerprint density at radius 1 is 1.00 bits per heavy atom. The van der Waals surface area contributed by atoms with Crippen LogP contribution in [0.15, 0.2) is 48.5 Å². The monoisotopic (exact) mass is 393 g/mol. The lowest BCUT2D eigenvalue weighted by Gasteiger charge is -2.10. The topological polar surface area (TPSA) is 82.5 Å². The molecule has 0 bridgehead atoms. The molecule has 0 saturated heterocycles. The molecule has 0 fully saturated rings. The van der Waals surface area contributed by atoms with E-state index in [4.69, 9.17) is 9.47 Å². The van der Waals surface area contributed by atoms with Crippen LogP contribution in [0.4, 0.5) is 0 Å². The number of aromatic nitrogens is 2. The van der Waals surface area contributed by atoms with Gasteiger partial charge < -0.3 is 14.8 Å². The zero-order valence-corrected chi connectivity index (χ0v) is 16.9. The molecule has 3 aromatic rings. The molecule has 0 spiro atoms. The normalized spacial score (nSPS) is 10.5. The van der Waals surface area contributed by atoms with Crippen molar-refractivity contribution in [3.05, 3.63) is 71.0 Å². The second-order valence-corrected chi connectivity index (χ2v) is 6.49. The molecule has 0 unspecified atom stereocenters. The van der Waals surface area contributed by atoms with Crippen LogP contribution in [-0.2, 0) is 11.3 Å². The smallest absolute Gasteiger partial charge is 0.292 e. The number of Topliss-reactive ketones (excluding diaryl/α,β-unsaturated/α-hetero) is 1. The Hall–Kier alpha value is -3.61. The molecule has 7 heteroatoms. The lowest BCUT2D eigenvalue weighted by molar-refractivity contribution is -0.117. The number of hydrogen-bond acceptors (Lipinski definition) is 5. The molecule has 1 aromatic heterocycles. The summed E-state index contributed by atoms with van der Waals surface area (Å²) in [4.78, 5) is 25.3. The third kappa shape index (κ3) is 4.13. The first kappa shape index (κ1) is 20.1. The van der Waals surface area contributed by atoms with Crippen molar-refractivity contribution in [2.24, 2.45) is 0 Å². The van der Waals surface area contributed by atoms with E-state index in [1.54, 1.807) is 50.9 Å². The van der Waals surface area contributed by atoms with E-state index in [0.29, 0.717) is 28.5 Å². The summed E-state index contributed by atoms with van der Waals surface area (Å²) in [6.07, 6.45) is 0. The SMILES string of the molecule is COc1ccc(CNC(=O)C(=O)c2c(C)nn(-c3ccccc3)c2C)cc1OC. The summed E-state index contributed by atoms with van der Waals surface area (Å²) in [6.45, 7) is 3.69. The first-order valence-corrected chi connectivity index (χ1v) is 9.11. The minimum atomic E-state index is -0.682. The fourth-order valence-electron chi connectivity index (χ4n) is 3.16. The molecule has 1 N–H and O–H groups in total. The van der Waals surface area contributed by atoms with Crippen LogP contribution in [-0.4, -0.2) is 35.7 Å². The van der Waals surface area contributed by atoms with E-state index in [0.717, 1.165) is 11.3 Å². The molecular weight excluding hydrogens is 370 g/mol. The maximum atomic E-state index is 12.8. The number of carbonyl (C=O) groups excluding carboxylic acids is 2. The number of methoxy groups -OCH3 is 2. The van der Waals surface area contributed by atoms with Crippen molar-refractivity contribution in [2.45, 2.75) is 20.4 Å². The number of aryl methyl sites for hydroxylation is 1. The van der Waals surface area contributed by atoms with E-state index < -0.39 is 11.7 Å². The number of hydrogen-bond donors (Lipinski definition) is 1. The van der Waals surface area contributed by atoms with Crippen LogP contribution in [0.3, 0.4) is 0 Å². The van der Waals surface area contributed by atoms with Gasteiger partial charge in [-0.1, -0.05) is 24.3 Å². The fraction of sp³-hybridized carbons (Fsp3) is 0.227. The van der Waals surface area contributed by atoms with Crippen molar-refractivity contribution >= 4 is 11.7 Å². The van der Waals surface area contributed by atoms with Crippen LogP contribution in [0, 0.1) is 13.8 Å².